The minimum Gasteiger partial charge on any atom is -0.445 e. The molecule has 1 aromatic carbocycles. The number of Topliss-reactive ketones (excluding diaryl/α,β-unsaturated/α-hetero) is 2. The number of nitrogens with zero attached hydrogens (tertiary/aromatic N) is 1. The van der Waals surface area contributed by atoms with Gasteiger partial charge in [0.05, 0.1) is 6.04 Å². The molecule has 1 saturated heterocycles. The van der Waals surface area contributed by atoms with Crippen LogP contribution in [0.15, 0.2) is 30.3 Å². The number of carbonyl (C=O) groups excluding carboxylic acids is 4. The molecule has 7 nitrogen and oxygen atoms in total. The van der Waals surface area contributed by atoms with Gasteiger partial charge in [0.15, 0.2) is 5.78 Å². The molecule has 0 bridgehead atoms. The van der Waals surface area contributed by atoms with E-state index in [9.17, 15) is 19.2 Å². The number of likely N-dealkylation sites (N-methyl/N-ethyl adjacent to an activating group) is 1. The predicted molar refractivity (Wildman–Crippen MR) is 103 cm³/mol. The Labute approximate surface area is 165 Å². The third kappa shape index (κ3) is 5.90. The molecule has 2 atom stereocenters. The molecule has 1 aliphatic heterocycles. The molecule has 1 aromatic rings. The summed E-state index contributed by atoms with van der Waals surface area (Å²) in [7, 11) is 1.59. The van der Waals surface area contributed by atoms with E-state index in [1.165, 1.54) is 4.90 Å². The van der Waals surface area contributed by atoms with Crippen molar-refractivity contribution in [3.05, 3.63) is 35.9 Å². The van der Waals surface area contributed by atoms with Gasteiger partial charge in [-0.2, -0.15) is 0 Å². The van der Waals surface area contributed by atoms with Crippen LogP contribution in [0, 0.1) is 11.8 Å². The monoisotopic (exact) mass is 388 g/mol. The number of likely N-dealkylation sites (tertiary alicyclic amines) is 1. The maximum absolute atomic E-state index is 12.8. The second-order valence-corrected chi connectivity index (χ2v) is 7.53. The standard InChI is InChI=1S/C21H28N2O5/c1-14(2)18(22-21(27)28-13-15-8-5-4-6-9-15)17(24)12-16-10-7-11-23(3)20(26)19(16)25/h4-6,8-9,14,16,18H,7,10-13H2,1-3H3,(H,22,27)/t16?,18-/m0/s1. The van der Waals surface area contributed by atoms with Crippen molar-refractivity contribution in [1.82, 2.24) is 10.2 Å². The van der Waals surface area contributed by atoms with Gasteiger partial charge in [0.25, 0.3) is 5.91 Å². The van der Waals surface area contributed by atoms with Crippen molar-refractivity contribution in [3.8, 4) is 0 Å². The molecule has 1 aliphatic rings. The molecule has 0 saturated carbocycles. The maximum atomic E-state index is 12.8. The zero-order valence-corrected chi connectivity index (χ0v) is 16.6. The molecule has 2 rings (SSSR count). The van der Waals surface area contributed by atoms with Crippen molar-refractivity contribution in [3.63, 3.8) is 0 Å². The molecule has 1 N–H and O–H groups in total. The zero-order chi connectivity index (χ0) is 20.7. The first kappa shape index (κ1) is 21.6. The normalized spacial score (nSPS) is 18.6. The van der Waals surface area contributed by atoms with E-state index in [4.69, 9.17) is 4.74 Å². The van der Waals surface area contributed by atoms with Gasteiger partial charge >= 0.3 is 6.09 Å². The van der Waals surface area contributed by atoms with Gasteiger partial charge < -0.3 is 15.0 Å². The van der Waals surface area contributed by atoms with Gasteiger partial charge in [0.2, 0.25) is 5.78 Å². The second-order valence-electron chi connectivity index (χ2n) is 7.53. The van der Waals surface area contributed by atoms with Gasteiger partial charge in [-0.3, -0.25) is 14.4 Å². The molecular weight excluding hydrogens is 360 g/mol. The number of rotatable bonds is 7. The number of nitrogens with one attached hydrogen (secondary N) is 1. The highest BCUT2D eigenvalue weighted by molar-refractivity contribution is 6.37. The van der Waals surface area contributed by atoms with Gasteiger partial charge in [-0.05, 0) is 24.3 Å². The number of ketones is 2. The largest absolute Gasteiger partial charge is 0.445 e. The van der Waals surface area contributed by atoms with Crippen LogP contribution in [-0.4, -0.2) is 48.1 Å². The molecule has 1 unspecified atom stereocenters. The predicted octanol–water partition coefficient (Wildman–Crippen LogP) is 2.33. The molecule has 0 radical (unpaired) electrons. The minimum absolute atomic E-state index is 0.0553. The van der Waals surface area contributed by atoms with Crippen LogP contribution in [0.5, 0.6) is 0 Å². The second kappa shape index (κ2) is 10.0. The Morgan fingerprint density at radius 3 is 2.54 bits per heavy atom. The first-order chi connectivity index (χ1) is 13.3. The molecule has 152 valence electrons. The first-order valence-corrected chi connectivity index (χ1v) is 9.58. The highest BCUT2D eigenvalue weighted by Crippen LogP contribution is 2.20. The number of benzene rings is 1. The lowest BCUT2D eigenvalue weighted by Gasteiger charge is -2.22. The van der Waals surface area contributed by atoms with Crippen molar-refractivity contribution in [1.29, 1.82) is 0 Å². The summed E-state index contributed by atoms with van der Waals surface area (Å²) < 4.78 is 5.19. The molecule has 2 amide bonds. The first-order valence-electron chi connectivity index (χ1n) is 9.58. The fourth-order valence-corrected chi connectivity index (χ4v) is 3.25. The number of ether oxygens (including phenoxy) is 1. The summed E-state index contributed by atoms with van der Waals surface area (Å²) in [5.74, 6) is -2.14. The molecule has 0 aliphatic carbocycles. The maximum Gasteiger partial charge on any atom is 0.408 e. The molecule has 0 aromatic heterocycles. The van der Waals surface area contributed by atoms with Crippen molar-refractivity contribution < 1.29 is 23.9 Å². The Hall–Kier alpha value is -2.70. The molecule has 7 heteroatoms. The number of alkyl carbamates (subject to hydrolysis) is 1. The van der Waals surface area contributed by atoms with Crippen molar-refractivity contribution in [2.45, 2.75) is 45.8 Å². The Bertz CT molecular complexity index is 717. The van der Waals surface area contributed by atoms with E-state index < -0.39 is 29.7 Å². The molecule has 1 heterocycles. The van der Waals surface area contributed by atoms with E-state index in [1.807, 2.05) is 44.2 Å². The number of hydrogen-bond acceptors (Lipinski definition) is 5. The smallest absolute Gasteiger partial charge is 0.408 e. The Morgan fingerprint density at radius 2 is 1.89 bits per heavy atom. The molecule has 0 spiro atoms. The van der Waals surface area contributed by atoms with Gasteiger partial charge in [0, 0.05) is 25.9 Å². The fraction of sp³-hybridized carbons (Fsp3) is 0.524. The molecular formula is C21H28N2O5. The highest BCUT2D eigenvalue weighted by Gasteiger charge is 2.34. The number of hydrogen-bond donors (Lipinski definition) is 1. The SMILES string of the molecule is CC(C)[C@H](NC(=O)OCc1ccccc1)C(=O)CC1CCCN(C)C(=O)C1=O. The Balaban J connectivity index is 1.94. The topological polar surface area (TPSA) is 92.8 Å². The van der Waals surface area contributed by atoms with E-state index in [0.717, 1.165) is 5.56 Å². The van der Waals surface area contributed by atoms with E-state index >= 15 is 0 Å². The lowest BCUT2D eigenvalue weighted by molar-refractivity contribution is -0.145. The van der Waals surface area contributed by atoms with E-state index in [-0.39, 0.29) is 24.7 Å². The fourth-order valence-electron chi connectivity index (χ4n) is 3.25. The Kier molecular flexibility index (Phi) is 7.72. The van der Waals surface area contributed by atoms with Crippen LogP contribution < -0.4 is 5.32 Å². The quantitative estimate of drug-likeness (QED) is 0.724. The summed E-state index contributed by atoms with van der Waals surface area (Å²) in [6.45, 7) is 4.24. The molecule has 1 fully saturated rings. The van der Waals surface area contributed by atoms with Crippen molar-refractivity contribution >= 4 is 23.6 Å². The van der Waals surface area contributed by atoms with Gasteiger partial charge in [-0.15, -0.1) is 0 Å². The van der Waals surface area contributed by atoms with Crippen LogP contribution in [0.25, 0.3) is 0 Å². The zero-order valence-electron chi connectivity index (χ0n) is 16.6. The van der Waals surface area contributed by atoms with Gasteiger partial charge in [-0.1, -0.05) is 44.2 Å². The Morgan fingerprint density at radius 1 is 1.21 bits per heavy atom. The van der Waals surface area contributed by atoms with Crippen LogP contribution in [-0.2, 0) is 25.7 Å². The van der Waals surface area contributed by atoms with Crippen LogP contribution in [0.4, 0.5) is 4.79 Å². The summed E-state index contributed by atoms with van der Waals surface area (Å²) in [6.07, 6.45) is 0.425. The minimum atomic E-state index is -0.771. The average molecular weight is 388 g/mol. The van der Waals surface area contributed by atoms with Crippen LogP contribution in [0.3, 0.4) is 0 Å². The van der Waals surface area contributed by atoms with E-state index in [1.54, 1.807) is 7.05 Å². The lowest BCUT2D eigenvalue weighted by atomic mass is 9.88. The summed E-state index contributed by atoms with van der Waals surface area (Å²) >= 11 is 0. The summed E-state index contributed by atoms with van der Waals surface area (Å²) in [5, 5.41) is 2.61. The number of amides is 2. The summed E-state index contributed by atoms with van der Waals surface area (Å²) in [6, 6.07) is 8.47. The average Bonchev–Trinajstić information content (AvgIpc) is 2.79. The summed E-state index contributed by atoms with van der Waals surface area (Å²) in [4.78, 5) is 50.6. The van der Waals surface area contributed by atoms with E-state index in [0.29, 0.717) is 19.4 Å². The van der Waals surface area contributed by atoms with Crippen LogP contribution in [0.1, 0.15) is 38.7 Å². The van der Waals surface area contributed by atoms with E-state index in [2.05, 4.69) is 5.32 Å². The van der Waals surface area contributed by atoms with Crippen LogP contribution in [0.2, 0.25) is 0 Å². The molecule has 28 heavy (non-hydrogen) atoms. The third-order valence-electron chi connectivity index (χ3n) is 4.92. The van der Waals surface area contributed by atoms with Crippen LogP contribution >= 0.6 is 0 Å². The van der Waals surface area contributed by atoms with Gasteiger partial charge in [0.1, 0.15) is 6.61 Å². The third-order valence-corrected chi connectivity index (χ3v) is 4.92. The summed E-state index contributed by atoms with van der Waals surface area (Å²) in [5.41, 5.74) is 0.844. The highest BCUT2D eigenvalue weighted by atomic mass is 16.5. The lowest BCUT2D eigenvalue weighted by Crippen LogP contribution is -2.46. The van der Waals surface area contributed by atoms with Crippen molar-refractivity contribution in [2.75, 3.05) is 13.6 Å². The van der Waals surface area contributed by atoms with Gasteiger partial charge in [-0.25, -0.2) is 4.79 Å². The number of carbonyl (C=O) groups is 4. The van der Waals surface area contributed by atoms with Crippen molar-refractivity contribution in [2.24, 2.45) is 11.8 Å².